The number of hydrogen-bond donors (Lipinski definition) is 1. The lowest BCUT2D eigenvalue weighted by atomic mass is 9.81. The summed E-state index contributed by atoms with van der Waals surface area (Å²) in [5.74, 6) is 0.290. The molecule has 1 aliphatic carbocycles. The van der Waals surface area contributed by atoms with Gasteiger partial charge in [0, 0.05) is 12.8 Å². The van der Waals surface area contributed by atoms with E-state index in [2.05, 4.69) is 19.7 Å². The summed E-state index contributed by atoms with van der Waals surface area (Å²) in [6.07, 6.45) is 5.78. The molecule has 0 radical (unpaired) electrons. The summed E-state index contributed by atoms with van der Waals surface area (Å²) in [6.45, 7) is 9.61. The van der Waals surface area contributed by atoms with Gasteiger partial charge in [-0.25, -0.2) is 0 Å². The first-order chi connectivity index (χ1) is 6.66. The highest BCUT2D eigenvalue weighted by Gasteiger charge is 2.31. The molecule has 0 unspecified atom stereocenters. The smallest absolute Gasteiger partial charge is 0.133 e. The van der Waals surface area contributed by atoms with E-state index >= 15 is 0 Å². The molecule has 0 heterocycles. The predicted molar refractivity (Wildman–Crippen MR) is 59.1 cm³/mol. The van der Waals surface area contributed by atoms with E-state index in [4.69, 9.17) is 0 Å². The van der Waals surface area contributed by atoms with Crippen molar-refractivity contribution in [2.75, 3.05) is 0 Å². The largest absolute Gasteiger partial charge is 0.390 e. The van der Waals surface area contributed by atoms with E-state index in [1.165, 1.54) is 0 Å². The fraction of sp³-hybridized carbons (Fsp3) is 0.583. The maximum Gasteiger partial charge on any atom is 0.133 e. The lowest BCUT2D eigenvalue weighted by molar-refractivity contribution is -0.125. The Labute approximate surface area is 86.3 Å². The fourth-order valence-electron chi connectivity index (χ4n) is 1.61. The minimum absolute atomic E-state index is 0.290. The highest BCUT2D eigenvalue weighted by atomic mass is 16.3. The van der Waals surface area contributed by atoms with Gasteiger partial charge in [-0.2, -0.15) is 0 Å². The van der Waals surface area contributed by atoms with E-state index in [-0.39, 0.29) is 0 Å². The van der Waals surface area contributed by atoms with Crippen LogP contribution >= 0.6 is 0 Å². The molecule has 0 aromatic rings. The maximum absolute atomic E-state index is 10.9. The lowest BCUT2D eigenvalue weighted by Crippen LogP contribution is -2.33. The van der Waals surface area contributed by atoms with E-state index in [9.17, 15) is 9.90 Å². The lowest BCUT2D eigenvalue weighted by Gasteiger charge is -2.30. The van der Waals surface area contributed by atoms with Crippen LogP contribution in [0.1, 0.15) is 38.5 Å². The third-order valence-electron chi connectivity index (χ3n) is 2.55. The van der Waals surface area contributed by atoms with Crippen molar-refractivity contribution in [3.63, 3.8) is 0 Å². The van der Waals surface area contributed by atoms with Crippen LogP contribution in [0.5, 0.6) is 0 Å². The summed E-state index contributed by atoms with van der Waals surface area (Å²) >= 11 is 0. The van der Waals surface area contributed by atoms with E-state index in [1.807, 2.05) is 6.08 Å². The zero-order chi connectivity index (χ0) is 11.0. The molecule has 0 aliphatic heterocycles. The van der Waals surface area contributed by atoms with Crippen LogP contribution in [0.25, 0.3) is 0 Å². The van der Waals surface area contributed by atoms with E-state index < -0.39 is 5.60 Å². The minimum Gasteiger partial charge on any atom is -0.390 e. The number of aliphatic hydroxyl groups is 1. The monoisotopic (exact) mass is 196 g/mol. The number of ketones is 1. The molecule has 0 bridgehead atoms. The van der Waals surface area contributed by atoms with Gasteiger partial charge in [0.2, 0.25) is 0 Å². The Bertz CT molecular complexity index is 181. The molecule has 0 aromatic heterocycles. The van der Waals surface area contributed by atoms with Crippen molar-refractivity contribution in [1.29, 1.82) is 0 Å². The number of Topliss-reactive ketones (excluding diaryl/α,β-unsaturated/α-hetero) is 1. The number of carbonyl (C=O) groups excluding carboxylic acids is 1. The van der Waals surface area contributed by atoms with Crippen LogP contribution in [-0.4, -0.2) is 16.5 Å². The van der Waals surface area contributed by atoms with Crippen LogP contribution in [-0.2, 0) is 4.79 Å². The molecular formula is C12H20O2. The van der Waals surface area contributed by atoms with Gasteiger partial charge in [0.1, 0.15) is 5.78 Å². The molecule has 2 nitrogen and oxygen atoms in total. The van der Waals surface area contributed by atoms with Gasteiger partial charge < -0.3 is 5.11 Å². The first-order valence-electron chi connectivity index (χ1n) is 5.01. The third kappa shape index (κ3) is 4.38. The second kappa shape index (κ2) is 6.55. The van der Waals surface area contributed by atoms with Crippen LogP contribution in [0.4, 0.5) is 0 Å². The Hall–Kier alpha value is -0.890. The normalized spacial score (nSPS) is 19.4. The van der Waals surface area contributed by atoms with Crippen molar-refractivity contribution in [3.8, 4) is 0 Å². The number of allylic oxidation sites excluding steroid dienone is 1. The molecule has 1 N–H and O–H groups in total. The molecule has 80 valence electrons. The molecule has 0 atom stereocenters. The van der Waals surface area contributed by atoms with Crippen molar-refractivity contribution in [3.05, 3.63) is 25.8 Å². The quantitative estimate of drug-likeness (QED) is 0.704. The molecular weight excluding hydrogens is 176 g/mol. The van der Waals surface area contributed by atoms with Crippen LogP contribution in [0.15, 0.2) is 25.8 Å². The van der Waals surface area contributed by atoms with Crippen LogP contribution in [0, 0.1) is 0 Å². The first-order valence-corrected chi connectivity index (χ1v) is 5.01. The number of rotatable bonds is 3. The molecule has 1 aliphatic rings. The van der Waals surface area contributed by atoms with Gasteiger partial charge in [0.25, 0.3) is 0 Å². The molecule has 1 fully saturated rings. The van der Waals surface area contributed by atoms with E-state index in [1.54, 1.807) is 0 Å². The topological polar surface area (TPSA) is 37.3 Å². The van der Waals surface area contributed by atoms with Crippen molar-refractivity contribution in [2.24, 2.45) is 0 Å². The Kier molecular flexibility index (Phi) is 6.13. The van der Waals surface area contributed by atoms with Crippen LogP contribution in [0.2, 0.25) is 0 Å². The standard InChI is InChI=1S/C10H16O2.C2H4/c1-2-3-6-10(12)7-4-9(11)5-8-10;1-2/h2,12H,1,3-8H2;1-2H2. The van der Waals surface area contributed by atoms with Crippen molar-refractivity contribution < 1.29 is 9.90 Å². The molecule has 0 aromatic carbocycles. The fourth-order valence-corrected chi connectivity index (χ4v) is 1.61. The van der Waals surface area contributed by atoms with Crippen molar-refractivity contribution in [1.82, 2.24) is 0 Å². The van der Waals surface area contributed by atoms with Crippen molar-refractivity contribution >= 4 is 5.78 Å². The minimum atomic E-state index is -0.581. The summed E-state index contributed by atoms with van der Waals surface area (Å²) in [6, 6.07) is 0. The summed E-state index contributed by atoms with van der Waals surface area (Å²) < 4.78 is 0. The first kappa shape index (κ1) is 13.1. The SMILES string of the molecule is C=C.C=CCCC1(O)CCC(=O)CC1. The number of hydrogen-bond acceptors (Lipinski definition) is 2. The highest BCUT2D eigenvalue weighted by Crippen LogP contribution is 2.30. The molecule has 0 spiro atoms. The average molecular weight is 196 g/mol. The second-order valence-electron chi connectivity index (χ2n) is 3.59. The van der Waals surface area contributed by atoms with Gasteiger partial charge in [-0.3, -0.25) is 4.79 Å². The predicted octanol–water partition coefficient (Wildman–Crippen LogP) is 2.63. The van der Waals surface area contributed by atoms with E-state index in [0.717, 1.165) is 12.8 Å². The van der Waals surface area contributed by atoms with E-state index in [0.29, 0.717) is 31.5 Å². The molecule has 2 heteroatoms. The van der Waals surface area contributed by atoms with Gasteiger partial charge in [0.05, 0.1) is 5.60 Å². The van der Waals surface area contributed by atoms with Gasteiger partial charge in [-0.05, 0) is 25.7 Å². The highest BCUT2D eigenvalue weighted by molar-refractivity contribution is 5.79. The summed E-state index contributed by atoms with van der Waals surface area (Å²) in [4.78, 5) is 10.9. The van der Waals surface area contributed by atoms with Gasteiger partial charge in [-0.1, -0.05) is 6.08 Å². The molecule has 0 amide bonds. The van der Waals surface area contributed by atoms with Gasteiger partial charge >= 0.3 is 0 Å². The Morgan fingerprint density at radius 3 is 2.29 bits per heavy atom. The second-order valence-corrected chi connectivity index (χ2v) is 3.59. The maximum atomic E-state index is 10.9. The molecule has 1 rings (SSSR count). The van der Waals surface area contributed by atoms with Gasteiger partial charge in [-0.15, -0.1) is 19.7 Å². The summed E-state index contributed by atoms with van der Waals surface area (Å²) in [7, 11) is 0. The Morgan fingerprint density at radius 1 is 1.36 bits per heavy atom. The number of carbonyl (C=O) groups is 1. The van der Waals surface area contributed by atoms with Crippen LogP contribution < -0.4 is 0 Å². The summed E-state index contributed by atoms with van der Waals surface area (Å²) in [5.41, 5.74) is -0.581. The van der Waals surface area contributed by atoms with Crippen molar-refractivity contribution in [2.45, 2.75) is 44.1 Å². The van der Waals surface area contributed by atoms with Gasteiger partial charge in [0.15, 0.2) is 0 Å². The van der Waals surface area contributed by atoms with Crippen LogP contribution in [0.3, 0.4) is 0 Å². The molecule has 0 saturated heterocycles. The molecule has 1 saturated carbocycles. The Morgan fingerprint density at radius 2 is 1.86 bits per heavy atom. The average Bonchev–Trinajstić information content (AvgIpc) is 2.23. The summed E-state index contributed by atoms with van der Waals surface area (Å²) in [5, 5.41) is 9.92. The third-order valence-corrected chi connectivity index (χ3v) is 2.55. The molecule has 14 heavy (non-hydrogen) atoms. The zero-order valence-corrected chi connectivity index (χ0v) is 8.80. The zero-order valence-electron chi connectivity index (χ0n) is 8.80. The Balaban J connectivity index is 0.000000791.